The smallest absolute Gasteiger partial charge is 0.0945 e. The molecule has 22 heavy (non-hydrogen) atoms. The predicted octanol–water partition coefficient (Wildman–Crippen LogP) is 3.07. The molecule has 0 aliphatic rings. The lowest BCUT2D eigenvalue weighted by Gasteiger charge is -2.17. The molecule has 0 fully saturated rings. The second-order valence-corrected chi connectivity index (χ2v) is 6.19. The summed E-state index contributed by atoms with van der Waals surface area (Å²) in [6, 6.07) is 4.00. The van der Waals surface area contributed by atoms with E-state index in [1.54, 1.807) is 17.5 Å². The topological polar surface area (TPSA) is 41.0 Å². The molecule has 0 saturated carbocycles. The second kappa shape index (κ2) is 9.66. The Morgan fingerprint density at radius 3 is 2.82 bits per heavy atom. The van der Waals surface area contributed by atoms with Crippen LogP contribution in [0.3, 0.4) is 0 Å². The van der Waals surface area contributed by atoms with Crippen LogP contribution in [0.25, 0.3) is 11.3 Å². The zero-order valence-electron chi connectivity index (χ0n) is 13.6. The van der Waals surface area contributed by atoms with Crippen molar-refractivity contribution in [3.8, 4) is 11.3 Å². The molecule has 0 spiro atoms. The zero-order valence-corrected chi connectivity index (χ0v) is 14.4. The highest BCUT2D eigenvalue weighted by Crippen LogP contribution is 2.20. The Kier molecular flexibility index (Phi) is 7.49. The highest BCUT2D eigenvalue weighted by Gasteiger charge is 2.04. The third kappa shape index (κ3) is 5.48. The first-order valence-corrected chi connectivity index (χ1v) is 8.99. The van der Waals surface area contributed by atoms with E-state index in [1.807, 2.05) is 12.3 Å². The third-order valence-corrected chi connectivity index (χ3v) is 4.66. The molecular weight excluding hydrogens is 292 g/mol. The minimum Gasteiger partial charge on any atom is -0.316 e. The molecule has 2 aromatic heterocycles. The molecule has 1 N–H and O–H groups in total. The fourth-order valence-electron chi connectivity index (χ4n) is 2.36. The van der Waals surface area contributed by atoms with E-state index in [4.69, 9.17) is 0 Å². The van der Waals surface area contributed by atoms with E-state index in [0.29, 0.717) is 0 Å². The van der Waals surface area contributed by atoms with Crippen molar-refractivity contribution in [3.63, 3.8) is 0 Å². The van der Waals surface area contributed by atoms with E-state index in [2.05, 4.69) is 45.5 Å². The van der Waals surface area contributed by atoms with Crippen LogP contribution in [0.4, 0.5) is 0 Å². The molecule has 0 unspecified atom stereocenters. The Morgan fingerprint density at radius 2 is 2.09 bits per heavy atom. The molecule has 2 heterocycles. The summed E-state index contributed by atoms with van der Waals surface area (Å²) in [7, 11) is 0. The SMILES string of the molecule is CCN(CC)CCCNCCc1nc(-c2cccnc2)cs1. The molecule has 0 aliphatic heterocycles. The minimum absolute atomic E-state index is 0.996. The van der Waals surface area contributed by atoms with Gasteiger partial charge in [-0.3, -0.25) is 4.98 Å². The Bertz CT molecular complexity index is 522. The molecule has 4 nitrogen and oxygen atoms in total. The highest BCUT2D eigenvalue weighted by molar-refractivity contribution is 7.09. The van der Waals surface area contributed by atoms with Gasteiger partial charge in [0, 0.05) is 36.3 Å². The maximum absolute atomic E-state index is 4.68. The van der Waals surface area contributed by atoms with Crippen molar-refractivity contribution >= 4 is 11.3 Å². The van der Waals surface area contributed by atoms with Crippen LogP contribution in [0.15, 0.2) is 29.9 Å². The fourth-order valence-corrected chi connectivity index (χ4v) is 3.17. The van der Waals surface area contributed by atoms with Crippen molar-refractivity contribution in [2.24, 2.45) is 0 Å². The molecular formula is C17H26N4S. The number of hydrogen-bond donors (Lipinski definition) is 1. The monoisotopic (exact) mass is 318 g/mol. The second-order valence-electron chi connectivity index (χ2n) is 5.25. The van der Waals surface area contributed by atoms with Crippen molar-refractivity contribution in [1.82, 2.24) is 20.2 Å². The molecule has 0 radical (unpaired) electrons. The minimum atomic E-state index is 0.996. The Balaban J connectivity index is 1.65. The highest BCUT2D eigenvalue weighted by atomic mass is 32.1. The molecule has 0 atom stereocenters. The van der Waals surface area contributed by atoms with Gasteiger partial charge in [-0.25, -0.2) is 4.98 Å². The third-order valence-electron chi connectivity index (χ3n) is 3.75. The van der Waals surface area contributed by atoms with Gasteiger partial charge in [0.1, 0.15) is 0 Å². The number of aromatic nitrogens is 2. The number of rotatable bonds is 10. The first kappa shape index (κ1) is 17.1. The average molecular weight is 318 g/mol. The Labute approximate surface area is 137 Å². The van der Waals surface area contributed by atoms with Crippen molar-refractivity contribution in [1.29, 1.82) is 0 Å². The summed E-state index contributed by atoms with van der Waals surface area (Å²) in [5, 5.41) is 6.82. The van der Waals surface area contributed by atoms with Crippen LogP contribution in [0.1, 0.15) is 25.3 Å². The number of nitrogens with one attached hydrogen (secondary N) is 1. The van der Waals surface area contributed by atoms with E-state index < -0.39 is 0 Å². The lowest BCUT2D eigenvalue weighted by molar-refractivity contribution is 0.298. The summed E-state index contributed by atoms with van der Waals surface area (Å²) >= 11 is 1.73. The van der Waals surface area contributed by atoms with Gasteiger partial charge < -0.3 is 10.2 Å². The first-order chi connectivity index (χ1) is 10.8. The lowest BCUT2D eigenvalue weighted by atomic mass is 10.2. The van der Waals surface area contributed by atoms with Gasteiger partial charge in [-0.2, -0.15) is 0 Å². The maximum atomic E-state index is 4.68. The van der Waals surface area contributed by atoms with Gasteiger partial charge in [-0.15, -0.1) is 11.3 Å². The first-order valence-electron chi connectivity index (χ1n) is 8.11. The van der Waals surface area contributed by atoms with Gasteiger partial charge in [-0.1, -0.05) is 13.8 Å². The van der Waals surface area contributed by atoms with Gasteiger partial charge >= 0.3 is 0 Å². The molecule has 120 valence electrons. The Hall–Kier alpha value is -1.30. The average Bonchev–Trinajstić information content (AvgIpc) is 3.04. The van der Waals surface area contributed by atoms with Crippen molar-refractivity contribution < 1.29 is 0 Å². The van der Waals surface area contributed by atoms with Crippen LogP contribution in [0, 0.1) is 0 Å². The summed E-state index contributed by atoms with van der Waals surface area (Å²) in [6.45, 7) is 10.00. The standard InChI is InChI=1S/C17H26N4S/c1-3-21(4-2)12-6-10-18-11-8-17-20-16(14-22-17)15-7-5-9-19-13-15/h5,7,9,13-14,18H,3-4,6,8,10-12H2,1-2H3. The summed E-state index contributed by atoms with van der Waals surface area (Å²) < 4.78 is 0. The van der Waals surface area contributed by atoms with E-state index in [-0.39, 0.29) is 0 Å². The van der Waals surface area contributed by atoms with Crippen LogP contribution in [-0.2, 0) is 6.42 Å². The van der Waals surface area contributed by atoms with Crippen LogP contribution >= 0.6 is 11.3 Å². The van der Waals surface area contributed by atoms with E-state index in [1.165, 1.54) is 18.0 Å². The molecule has 2 aromatic rings. The van der Waals surface area contributed by atoms with Crippen LogP contribution in [0.5, 0.6) is 0 Å². The predicted molar refractivity (Wildman–Crippen MR) is 94.3 cm³/mol. The van der Waals surface area contributed by atoms with E-state index >= 15 is 0 Å². The zero-order chi connectivity index (χ0) is 15.6. The fraction of sp³-hybridized carbons (Fsp3) is 0.529. The molecule has 2 rings (SSSR count). The van der Waals surface area contributed by atoms with Gasteiger partial charge in [0.2, 0.25) is 0 Å². The summed E-state index contributed by atoms with van der Waals surface area (Å²) in [5.41, 5.74) is 2.13. The van der Waals surface area contributed by atoms with Gasteiger partial charge in [0.25, 0.3) is 0 Å². The summed E-state index contributed by atoms with van der Waals surface area (Å²) in [5.74, 6) is 0. The normalized spacial score (nSPS) is 11.2. The Morgan fingerprint density at radius 1 is 1.23 bits per heavy atom. The number of pyridine rings is 1. The molecule has 5 heteroatoms. The van der Waals surface area contributed by atoms with Crippen LogP contribution in [-0.4, -0.2) is 47.6 Å². The van der Waals surface area contributed by atoms with Crippen LogP contribution < -0.4 is 5.32 Å². The molecule has 0 aromatic carbocycles. The van der Waals surface area contributed by atoms with Crippen molar-refractivity contribution in [3.05, 3.63) is 34.9 Å². The summed E-state index contributed by atoms with van der Waals surface area (Å²) in [6.07, 6.45) is 5.86. The van der Waals surface area contributed by atoms with Gasteiger partial charge in [-0.05, 0) is 44.7 Å². The van der Waals surface area contributed by atoms with Gasteiger partial charge in [0.05, 0.1) is 10.7 Å². The van der Waals surface area contributed by atoms with E-state index in [9.17, 15) is 0 Å². The molecule has 0 bridgehead atoms. The van der Waals surface area contributed by atoms with Gasteiger partial charge in [0.15, 0.2) is 0 Å². The van der Waals surface area contributed by atoms with Crippen molar-refractivity contribution in [2.75, 3.05) is 32.7 Å². The quantitative estimate of drug-likeness (QED) is 0.684. The molecule has 0 aliphatic carbocycles. The van der Waals surface area contributed by atoms with E-state index in [0.717, 1.165) is 43.9 Å². The largest absolute Gasteiger partial charge is 0.316 e. The molecule has 0 saturated heterocycles. The summed E-state index contributed by atoms with van der Waals surface area (Å²) in [4.78, 5) is 11.3. The lowest BCUT2D eigenvalue weighted by Crippen LogP contribution is -2.27. The number of nitrogens with zero attached hydrogens (tertiary/aromatic N) is 3. The number of thiazole rings is 1. The number of hydrogen-bond acceptors (Lipinski definition) is 5. The van der Waals surface area contributed by atoms with Crippen molar-refractivity contribution in [2.45, 2.75) is 26.7 Å². The maximum Gasteiger partial charge on any atom is 0.0945 e. The molecule has 0 amide bonds. The van der Waals surface area contributed by atoms with Crippen LogP contribution in [0.2, 0.25) is 0 Å².